The van der Waals surface area contributed by atoms with E-state index in [4.69, 9.17) is 19.7 Å². The second kappa shape index (κ2) is 13.9. The molecule has 1 aromatic heterocycles. The first kappa shape index (κ1) is 39.4. The van der Waals surface area contributed by atoms with Gasteiger partial charge >= 0.3 is 0 Å². The van der Waals surface area contributed by atoms with E-state index in [1.807, 2.05) is 0 Å². The van der Waals surface area contributed by atoms with E-state index in [2.05, 4.69) is 196 Å². The van der Waals surface area contributed by atoms with Crippen LogP contribution in [0, 0.1) is 29.6 Å². The van der Waals surface area contributed by atoms with Crippen LogP contribution in [-0.2, 0) is 16.2 Å². The predicted octanol–water partition coefficient (Wildman–Crippen LogP) is 15.6. The van der Waals surface area contributed by atoms with Gasteiger partial charge in [0, 0.05) is 33.2 Å². The zero-order valence-corrected chi connectivity index (χ0v) is 39.5. The third-order valence-corrected chi connectivity index (χ3v) is 18.9. The van der Waals surface area contributed by atoms with Gasteiger partial charge in [-0.05, 0) is 147 Å². The van der Waals surface area contributed by atoms with Gasteiger partial charge < -0.3 is 4.74 Å². The summed E-state index contributed by atoms with van der Waals surface area (Å²) < 4.78 is 6.98. The summed E-state index contributed by atoms with van der Waals surface area (Å²) in [5.74, 6) is 8.63. The number of rotatable bonds is 5. The number of hydrogen-bond acceptors (Lipinski definition) is 4. The molecule has 6 aliphatic carbocycles. The molecule has 1 aliphatic heterocycles. The van der Waals surface area contributed by atoms with Crippen molar-refractivity contribution >= 4 is 0 Å². The fourth-order valence-corrected chi connectivity index (χ4v) is 16.1. The zero-order chi connectivity index (χ0) is 46.1. The van der Waals surface area contributed by atoms with E-state index in [1.54, 1.807) is 0 Å². The Hall–Kier alpha value is -7.43. The first-order valence-electron chi connectivity index (χ1n) is 25.7. The smallest absolute Gasteiger partial charge is 0.164 e. The first-order chi connectivity index (χ1) is 34.4. The average Bonchev–Trinajstić information content (AvgIpc) is 4.06. The molecule has 0 N–H and O–H groups in total. The highest BCUT2D eigenvalue weighted by atomic mass is 16.5. The lowest BCUT2D eigenvalue weighted by Gasteiger charge is -2.52. The van der Waals surface area contributed by atoms with Crippen LogP contribution in [-0.4, -0.2) is 15.0 Å². The van der Waals surface area contributed by atoms with Crippen molar-refractivity contribution in [3.63, 3.8) is 0 Å². The van der Waals surface area contributed by atoms with Crippen LogP contribution in [0.25, 0.3) is 67.5 Å². The third-order valence-electron chi connectivity index (χ3n) is 18.9. The van der Waals surface area contributed by atoms with Crippen LogP contribution in [0.3, 0.4) is 0 Å². The van der Waals surface area contributed by atoms with E-state index in [0.29, 0.717) is 22.9 Å². The Morgan fingerprint density at radius 3 is 1.70 bits per heavy atom. The summed E-state index contributed by atoms with van der Waals surface area (Å²) in [5, 5.41) is 0. The van der Waals surface area contributed by atoms with Crippen molar-refractivity contribution in [2.75, 3.05) is 0 Å². The summed E-state index contributed by atoms with van der Waals surface area (Å²) in [5.41, 5.74) is 18.9. The Balaban J connectivity index is 0.842. The Bertz CT molecular complexity index is 3660. The minimum absolute atomic E-state index is 0.156. The van der Waals surface area contributed by atoms with Crippen molar-refractivity contribution < 1.29 is 4.74 Å². The molecule has 0 amide bonds. The van der Waals surface area contributed by atoms with Crippen LogP contribution in [0.4, 0.5) is 0 Å². The quantitative estimate of drug-likeness (QED) is 0.173. The second-order valence-electron chi connectivity index (χ2n) is 22.4. The molecule has 2 heterocycles. The van der Waals surface area contributed by atoms with Crippen molar-refractivity contribution in [1.82, 2.24) is 15.0 Å². The summed E-state index contributed by atoms with van der Waals surface area (Å²) >= 11 is 0. The van der Waals surface area contributed by atoms with E-state index in [1.165, 1.54) is 87.7 Å². The van der Waals surface area contributed by atoms with E-state index in [9.17, 15) is 0 Å². The van der Waals surface area contributed by atoms with Crippen LogP contribution in [0.2, 0.25) is 0 Å². The van der Waals surface area contributed by atoms with Crippen molar-refractivity contribution in [1.29, 1.82) is 0 Å². The molecular weight excluding hydrogens is 851 g/mol. The number of para-hydroxylation sites is 1. The number of benzene rings is 8. The lowest BCUT2D eigenvalue weighted by Crippen LogP contribution is -2.45. The summed E-state index contributed by atoms with van der Waals surface area (Å²) in [7, 11) is 0. The Morgan fingerprint density at radius 2 is 0.943 bits per heavy atom. The molecule has 4 nitrogen and oxygen atoms in total. The van der Waals surface area contributed by atoms with Crippen molar-refractivity contribution in [3.05, 3.63) is 221 Å². The van der Waals surface area contributed by atoms with Crippen molar-refractivity contribution in [2.45, 2.75) is 62.2 Å². The molecule has 336 valence electrons. The molecule has 4 unspecified atom stereocenters. The van der Waals surface area contributed by atoms with Gasteiger partial charge in [0.15, 0.2) is 17.5 Å². The highest BCUT2D eigenvalue weighted by Crippen LogP contribution is 2.72. The van der Waals surface area contributed by atoms with Gasteiger partial charge in [-0.2, -0.15) is 0 Å². The summed E-state index contributed by atoms with van der Waals surface area (Å²) in [6, 6.07) is 66.9. The highest BCUT2D eigenvalue weighted by molar-refractivity contribution is 5.90. The van der Waals surface area contributed by atoms with Crippen LogP contribution < -0.4 is 4.74 Å². The Labute approximate surface area is 409 Å². The molecule has 1 spiro atoms. The Morgan fingerprint density at radius 1 is 0.400 bits per heavy atom. The van der Waals surface area contributed by atoms with Gasteiger partial charge in [-0.25, -0.2) is 15.0 Å². The molecule has 4 heteroatoms. The highest BCUT2D eigenvalue weighted by Gasteiger charge is 2.65. The normalized spacial score (nSPS) is 24.4. The van der Waals surface area contributed by atoms with E-state index < -0.39 is 5.41 Å². The van der Waals surface area contributed by atoms with Gasteiger partial charge in [-0.3, -0.25) is 0 Å². The molecule has 6 atom stereocenters. The molecule has 4 saturated carbocycles. The molecule has 0 saturated heterocycles. The topological polar surface area (TPSA) is 47.9 Å². The predicted molar refractivity (Wildman–Crippen MR) is 279 cm³/mol. The molecule has 8 aromatic carbocycles. The molecule has 4 fully saturated rings. The minimum atomic E-state index is -0.523. The molecule has 2 bridgehead atoms. The van der Waals surface area contributed by atoms with Crippen LogP contribution in [0.1, 0.15) is 84.9 Å². The minimum Gasteiger partial charge on any atom is -0.457 e. The van der Waals surface area contributed by atoms with Gasteiger partial charge in [0.25, 0.3) is 0 Å². The Kier molecular flexibility index (Phi) is 7.82. The summed E-state index contributed by atoms with van der Waals surface area (Å²) in [4.78, 5) is 16.2. The standard InChI is InChI=1S/C66H51N3O/c1-64(2)52-18-8-5-14-46(52)49-29-25-40(33-57(49)64)62-67-61(38-23-27-44(28-24-38)65-35-42-31-41-32-43(36-65)60(41)51(42)37-65)68-63(69-62)50-17-4-3-13-45(50)39-26-30-56-59(34-39)70-58-22-12-11-21-55(58)66(56)53-19-9-6-15-47(53)48-16-7-10-20-54(48)66/h3-30,33-34,41-43,51,60H,31-32,35-37H2,1-2H3/t41?,42-,43+,51?,60?,65?/m1/s1. The van der Waals surface area contributed by atoms with Crippen LogP contribution in [0.5, 0.6) is 11.5 Å². The number of fused-ring (bicyclic) bond motifs is 13. The lowest BCUT2D eigenvalue weighted by molar-refractivity contribution is 0.00350. The molecule has 16 rings (SSSR count). The maximum Gasteiger partial charge on any atom is 0.164 e. The van der Waals surface area contributed by atoms with Crippen molar-refractivity contribution in [2.24, 2.45) is 29.6 Å². The van der Waals surface area contributed by atoms with E-state index in [-0.39, 0.29) is 5.41 Å². The number of hydrogen-bond donors (Lipinski definition) is 0. The van der Waals surface area contributed by atoms with E-state index >= 15 is 0 Å². The van der Waals surface area contributed by atoms with Crippen LogP contribution in [0.15, 0.2) is 182 Å². The molecule has 7 aliphatic rings. The van der Waals surface area contributed by atoms with Gasteiger partial charge in [0.05, 0.1) is 5.41 Å². The lowest BCUT2D eigenvalue weighted by atomic mass is 9.52. The maximum atomic E-state index is 6.98. The van der Waals surface area contributed by atoms with Crippen LogP contribution >= 0.6 is 0 Å². The average molecular weight is 902 g/mol. The maximum absolute atomic E-state index is 6.98. The largest absolute Gasteiger partial charge is 0.457 e. The summed E-state index contributed by atoms with van der Waals surface area (Å²) in [6.07, 6.45) is 7.07. The van der Waals surface area contributed by atoms with E-state index in [0.717, 1.165) is 74.5 Å². The monoisotopic (exact) mass is 901 g/mol. The zero-order valence-electron chi connectivity index (χ0n) is 39.5. The summed E-state index contributed by atoms with van der Waals surface area (Å²) in [6.45, 7) is 4.67. The number of nitrogens with zero attached hydrogens (tertiary/aromatic N) is 3. The van der Waals surface area contributed by atoms with Gasteiger partial charge in [0.1, 0.15) is 11.5 Å². The third kappa shape index (κ3) is 5.14. The molecule has 0 radical (unpaired) electrons. The van der Waals surface area contributed by atoms with Crippen molar-refractivity contribution in [3.8, 4) is 79.0 Å². The second-order valence-corrected chi connectivity index (χ2v) is 22.4. The molecule has 9 aromatic rings. The molecular formula is C66H51N3O. The fourth-order valence-electron chi connectivity index (χ4n) is 16.1. The fraction of sp³-hybridized carbons (Fsp3) is 0.227. The first-order valence-corrected chi connectivity index (χ1v) is 25.7. The van der Waals surface area contributed by atoms with Gasteiger partial charge in [-0.1, -0.05) is 178 Å². The SMILES string of the molecule is CC1(C)c2ccccc2-c2ccc(-c3nc(-c4ccc(C56CC7C8C(C[C@@H]7C5)C[C@H]8C6)cc4)nc(-c4ccccc4-c4ccc5c(c4)Oc4ccccc4C54c5ccccc5-c5ccccc54)n3)cc21. The molecule has 70 heavy (non-hydrogen) atoms. The number of aromatic nitrogens is 3. The van der Waals surface area contributed by atoms with Gasteiger partial charge in [-0.15, -0.1) is 0 Å². The number of ether oxygens (including phenoxy) is 1. The van der Waals surface area contributed by atoms with Gasteiger partial charge in [0.2, 0.25) is 0 Å².